The van der Waals surface area contributed by atoms with Crippen molar-refractivity contribution in [3.63, 3.8) is 0 Å². The standard InChI is InChI=1S/C21H21NO2/c1-2-19-20(24-16-18-11-7-4-8-12-18)13-14-22(21(19)23)15-17-9-5-3-6-10-17/h3-14H,2,15-16H2,1H3. The third kappa shape index (κ3) is 3.74. The number of benzene rings is 2. The Bertz CT molecular complexity index is 839. The Morgan fingerprint density at radius 3 is 2.12 bits per heavy atom. The predicted octanol–water partition coefficient (Wildman–Crippen LogP) is 4.04. The van der Waals surface area contributed by atoms with Crippen LogP contribution in [0.25, 0.3) is 0 Å². The van der Waals surface area contributed by atoms with Crippen molar-refractivity contribution in [3.8, 4) is 5.75 Å². The number of aromatic nitrogens is 1. The molecule has 3 nitrogen and oxygen atoms in total. The first-order chi connectivity index (χ1) is 11.8. The van der Waals surface area contributed by atoms with Crippen molar-refractivity contribution < 1.29 is 4.74 Å². The van der Waals surface area contributed by atoms with Crippen LogP contribution in [0.1, 0.15) is 23.6 Å². The fourth-order valence-electron chi connectivity index (χ4n) is 2.71. The minimum Gasteiger partial charge on any atom is -0.488 e. The van der Waals surface area contributed by atoms with Gasteiger partial charge in [-0.25, -0.2) is 0 Å². The van der Waals surface area contributed by atoms with Crippen LogP contribution in [0.4, 0.5) is 0 Å². The van der Waals surface area contributed by atoms with Crippen LogP contribution in [0, 0.1) is 0 Å². The second-order valence-corrected chi connectivity index (χ2v) is 5.71. The van der Waals surface area contributed by atoms with Crippen molar-refractivity contribution in [3.05, 3.63) is 100.0 Å². The number of rotatable bonds is 6. The van der Waals surface area contributed by atoms with Crippen molar-refractivity contribution in [2.75, 3.05) is 0 Å². The van der Waals surface area contributed by atoms with Gasteiger partial charge in [0, 0.05) is 6.20 Å². The summed E-state index contributed by atoms with van der Waals surface area (Å²) < 4.78 is 7.63. The summed E-state index contributed by atoms with van der Waals surface area (Å²) in [5.41, 5.74) is 2.95. The maximum absolute atomic E-state index is 12.7. The molecule has 0 atom stereocenters. The maximum atomic E-state index is 12.7. The van der Waals surface area contributed by atoms with Crippen molar-refractivity contribution >= 4 is 0 Å². The molecule has 3 heteroatoms. The Balaban J connectivity index is 1.81. The van der Waals surface area contributed by atoms with Gasteiger partial charge in [0.2, 0.25) is 0 Å². The summed E-state index contributed by atoms with van der Waals surface area (Å²) in [6.07, 6.45) is 2.47. The topological polar surface area (TPSA) is 31.2 Å². The molecule has 0 saturated heterocycles. The van der Waals surface area contributed by atoms with Crippen LogP contribution in [0.15, 0.2) is 77.7 Å². The number of hydrogen-bond acceptors (Lipinski definition) is 2. The van der Waals surface area contributed by atoms with Gasteiger partial charge in [0.1, 0.15) is 12.4 Å². The highest BCUT2D eigenvalue weighted by atomic mass is 16.5. The molecule has 2 aromatic carbocycles. The minimum atomic E-state index is 0.0203. The van der Waals surface area contributed by atoms with Crippen LogP contribution in [0.3, 0.4) is 0 Å². The number of nitrogens with zero attached hydrogens (tertiary/aromatic N) is 1. The second-order valence-electron chi connectivity index (χ2n) is 5.71. The lowest BCUT2D eigenvalue weighted by molar-refractivity contribution is 0.301. The van der Waals surface area contributed by atoms with Crippen LogP contribution < -0.4 is 10.3 Å². The lowest BCUT2D eigenvalue weighted by Gasteiger charge is -2.13. The summed E-state index contributed by atoms with van der Waals surface area (Å²) in [6.45, 7) is 3.03. The number of hydrogen-bond donors (Lipinski definition) is 0. The molecule has 0 unspecified atom stereocenters. The molecule has 1 heterocycles. The van der Waals surface area contributed by atoms with Gasteiger partial charge in [0.25, 0.3) is 5.56 Å². The quantitative estimate of drug-likeness (QED) is 0.686. The Morgan fingerprint density at radius 2 is 1.50 bits per heavy atom. The van der Waals surface area contributed by atoms with Crippen LogP contribution in [0.2, 0.25) is 0 Å². The van der Waals surface area contributed by atoms with E-state index in [2.05, 4.69) is 0 Å². The van der Waals surface area contributed by atoms with Crippen molar-refractivity contribution in [1.29, 1.82) is 0 Å². The molecule has 3 rings (SSSR count). The summed E-state index contributed by atoms with van der Waals surface area (Å²) >= 11 is 0. The lowest BCUT2D eigenvalue weighted by Crippen LogP contribution is -2.24. The fraction of sp³-hybridized carbons (Fsp3) is 0.190. The first-order valence-electron chi connectivity index (χ1n) is 8.21. The highest BCUT2D eigenvalue weighted by molar-refractivity contribution is 5.32. The molecule has 0 saturated carbocycles. The zero-order chi connectivity index (χ0) is 16.8. The molecule has 0 radical (unpaired) electrons. The fourth-order valence-corrected chi connectivity index (χ4v) is 2.71. The van der Waals surface area contributed by atoms with E-state index in [0.29, 0.717) is 25.3 Å². The van der Waals surface area contributed by atoms with Gasteiger partial charge in [0.15, 0.2) is 0 Å². The molecule has 3 aromatic rings. The molecule has 0 bridgehead atoms. The molecule has 0 aliphatic rings. The van der Waals surface area contributed by atoms with Crippen LogP contribution >= 0.6 is 0 Å². The highest BCUT2D eigenvalue weighted by Crippen LogP contribution is 2.17. The van der Waals surface area contributed by atoms with Gasteiger partial charge in [0.05, 0.1) is 12.1 Å². The second kappa shape index (κ2) is 7.64. The molecule has 24 heavy (non-hydrogen) atoms. The average molecular weight is 319 g/mol. The smallest absolute Gasteiger partial charge is 0.257 e. The van der Waals surface area contributed by atoms with E-state index in [4.69, 9.17) is 4.74 Å². The molecule has 0 N–H and O–H groups in total. The van der Waals surface area contributed by atoms with E-state index >= 15 is 0 Å². The Kier molecular flexibility index (Phi) is 5.12. The third-order valence-corrected chi connectivity index (χ3v) is 4.01. The first-order valence-corrected chi connectivity index (χ1v) is 8.21. The van der Waals surface area contributed by atoms with Gasteiger partial charge in [-0.15, -0.1) is 0 Å². The monoisotopic (exact) mass is 319 g/mol. The minimum absolute atomic E-state index is 0.0203. The van der Waals surface area contributed by atoms with E-state index in [0.717, 1.165) is 16.7 Å². The van der Waals surface area contributed by atoms with Gasteiger partial charge in [-0.05, 0) is 23.6 Å². The SMILES string of the molecule is CCc1c(OCc2ccccc2)ccn(Cc2ccccc2)c1=O. The zero-order valence-electron chi connectivity index (χ0n) is 13.8. The van der Waals surface area contributed by atoms with Gasteiger partial charge < -0.3 is 9.30 Å². The Labute approximate surface area is 142 Å². The van der Waals surface area contributed by atoms with E-state index in [1.54, 1.807) is 4.57 Å². The Morgan fingerprint density at radius 1 is 0.875 bits per heavy atom. The third-order valence-electron chi connectivity index (χ3n) is 4.01. The predicted molar refractivity (Wildman–Crippen MR) is 96.4 cm³/mol. The van der Waals surface area contributed by atoms with Gasteiger partial charge >= 0.3 is 0 Å². The summed E-state index contributed by atoms with van der Waals surface area (Å²) in [6, 6.07) is 21.9. The molecule has 0 spiro atoms. The summed E-state index contributed by atoms with van der Waals surface area (Å²) in [7, 11) is 0. The number of pyridine rings is 1. The van der Waals surface area contributed by atoms with Gasteiger partial charge in [-0.2, -0.15) is 0 Å². The highest BCUT2D eigenvalue weighted by Gasteiger charge is 2.10. The van der Waals surface area contributed by atoms with Crippen molar-refractivity contribution in [1.82, 2.24) is 4.57 Å². The van der Waals surface area contributed by atoms with Gasteiger partial charge in [-0.3, -0.25) is 4.79 Å². The number of ether oxygens (including phenoxy) is 1. The summed E-state index contributed by atoms with van der Waals surface area (Å²) in [5.74, 6) is 0.677. The normalized spacial score (nSPS) is 10.5. The van der Waals surface area contributed by atoms with Crippen molar-refractivity contribution in [2.45, 2.75) is 26.5 Å². The van der Waals surface area contributed by atoms with Crippen molar-refractivity contribution in [2.24, 2.45) is 0 Å². The molecular formula is C21H21NO2. The average Bonchev–Trinajstić information content (AvgIpc) is 2.64. The van der Waals surface area contributed by atoms with E-state index in [1.807, 2.05) is 79.9 Å². The molecule has 1 aromatic heterocycles. The molecular weight excluding hydrogens is 298 g/mol. The van der Waals surface area contributed by atoms with Crippen LogP contribution in [-0.4, -0.2) is 4.57 Å². The van der Waals surface area contributed by atoms with Crippen LogP contribution in [-0.2, 0) is 19.6 Å². The van der Waals surface area contributed by atoms with Gasteiger partial charge in [-0.1, -0.05) is 67.6 Å². The first kappa shape index (κ1) is 16.1. The van der Waals surface area contributed by atoms with Crippen LogP contribution in [0.5, 0.6) is 5.75 Å². The molecule has 0 amide bonds. The summed E-state index contributed by atoms with van der Waals surface area (Å²) in [5, 5.41) is 0. The molecule has 0 aliphatic carbocycles. The van der Waals surface area contributed by atoms with E-state index in [-0.39, 0.29) is 5.56 Å². The largest absolute Gasteiger partial charge is 0.488 e. The van der Waals surface area contributed by atoms with E-state index in [9.17, 15) is 4.79 Å². The molecule has 0 aliphatic heterocycles. The lowest BCUT2D eigenvalue weighted by atomic mass is 10.1. The molecule has 0 fully saturated rings. The molecule has 122 valence electrons. The summed E-state index contributed by atoms with van der Waals surface area (Å²) in [4.78, 5) is 12.7. The van der Waals surface area contributed by atoms with E-state index < -0.39 is 0 Å². The Hall–Kier alpha value is -2.81. The van der Waals surface area contributed by atoms with E-state index in [1.165, 1.54) is 0 Å². The maximum Gasteiger partial charge on any atom is 0.257 e. The zero-order valence-corrected chi connectivity index (χ0v) is 13.8.